The van der Waals surface area contributed by atoms with E-state index in [1.54, 1.807) is 0 Å². The van der Waals surface area contributed by atoms with Crippen molar-refractivity contribution < 1.29 is 9.90 Å². The summed E-state index contributed by atoms with van der Waals surface area (Å²) in [6.07, 6.45) is 6.57. The number of rotatable bonds is 5. The van der Waals surface area contributed by atoms with Gasteiger partial charge in [-0.25, -0.2) is 0 Å². The van der Waals surface area contributed by atoms with Crippen molar-refractivity contribution in [2.45, 2.75) is 44.6 Å². The molecule has 2 aliphatic rings. The maximum atomic E-state index is 10.9. The van der Waals surface area contributed by atoms with Gasteiger partial charge >= 0.3 is 5.97 Å². The highest BCUT2D eigenvalue weighted by Crippen LogP contribution is 2.49. The first kappa shape index (κ1) is 9.97. The summed E-state index contributed by atoms with van der Waals surface area (Å²) < 4.78 is 0. The summed E-state index contributed by atoms with van der Waals surface area (Å²) in [7, 11) is 2.13. The SMILES string of the molecule is CN(CCC1(C(=O)O)CC1)C1CCC1. The predicted molar refractivity (Wildman–Crippen MR) is 54.2 cm³/mol. The average Bonchev–Trinajstić information content (AvgIpc) is 2.77. The second-order valence-electron chi connectivity index (χ2n) is 4.90. The number of nitrogens with zero attached hydrogens (tertiary/aromatic N) is 1. The summed E-state index contributed by atoms with van der Waals surface area (Å²) in [5.74, 6) is -0.584. The lowest BCUT2D eigenvalue weighted by atomic mass is 9.91. The highest BCUT2D eigenvalue weighted by molar-refractivity contribution is 5.77. The molecule has 2 aliphatic carbocycles. The molecule has 0 atom stereocenters. The van der Waals surface area contributed by atoms with Crippen LogP contribution in [0.1, 0.15) is 38.5 Å². The molecular weight excluding hydrogens is 178 g/mol. The normalized spacial score (nSPS) is 24.7. The molecule has 2 saturated carbocycles. The van der Waals surface area contributed by atoms with E-state index in [4.69, 9.17) is 5.11 Å². The van der Waals surface area contributed by atoms with Gasteiger partial charge in [-0.15, -0.1) is 0 Å². The molecule has 0 aromatic rings. The van der Waals surface area contributed by atoms with Gasteiger partial charge < -0.3 is 10.0 Å². The van der Waals surface area contributed by atoms with Gasteiger partial charge in [0.15, 0.2) is 0 Å². The van der Waals surface area contributed by atoms with Crippen molar-refractivity contribution in [3.8, 4) is 0 Å². The van der Waals surface area contributed by atoms with E-state index < -0.39 is 5.97 Å². The molecule has 0 saturated heterocycles. The quantitative estimate of drug-likeness (QED) is 0.729. The summed E-state index contributed by atoms with van der Waals surface area (Å²) in [5, 5.41) is 9.01. The second kappa shape index (κ2) is 3.54. The van der Waals surface area contributed by atoms with Crippen molar-refractivity contribution in [1.82, 2.24) is 4.90 Å². The molecule has 0 spiro atoms. The maximum Gasteiger partial charge on any atom is 0.309 e. The van der Waals surface area contributed by atoms with Crippen molar-refractivity contribution in [3.63, 3.8) is 0 Å². The zero-order valence-electron chi connectivity index (χ0n) is 8.83. The number of carbonyl (C=O) groups is 1. The monoisotopic (exact) mass is 197 g/mol. The van der Waals surface area contributed by atoms with Crippen molar-refractivity contribution >= 4 is 5.97 Å². The largest absolute Gasteiger partial charge is 0.481 e. The number of carboxylic acids is 1. The molecule has 80 valence electrons. The minimum absolute atomic E-state index is 0.335. The van der Waals surface area contributed by atoms with Gasteiger partial charge in [-0.3, -0.25) is 4.79 Å². The van der Waals surface area contributed by atoms with Gasteiger partial charge in [0, 0.05) is 6.04 Å². The van der Waals surface area contributed by atoms with Crippen LogP contribution in [0.15, 0.2) is 0 Å². The zero-order valence-corrected chi connectivity index (χ0v) is 8.83. The fourth-order valence-electron chi connectivity index (χ4n) is 2.12. The first-order chi connectivity index (χ1) is 6.64. The van der Waals surface area contributed by atoms with Crippen LogP contribution in [0, 0.1) is 5.41 Å². The van der Waals surface area contributed by atoms with Crippen LogP contribution in [0.2, 0.25) is 0 Å². The third kappa shape index (κ3) is 1.78. The lowest BCUT2D eigenvalue weighted by molar-refractivity contribution is -0.143. The molecule has 0 heterocycles. The van der Waals surface area contributed by atoms with Crippen LogP contribution in [0.5, 0.6) is 0 Å². The van der Waals surface area contributed by atoms with Gasteiger partial charge in [0.1, 0.15) is 0 Å². The summed E-state index contributed by atoms with van der Waals surface area (Å²) in [6.45, 7) is 0.955. The molecule has 0 bridgehead atoms. The Kier molecular flexibility index (Phi) is 2.52. The third-order valence-corrected chi connectivity index (χ3v) is 3.95. The van der Waals surface area contributed by atoms with Crippen LogP contribution in [0.3, 0.4) is 0 Å². The third-order valence-electron chi connectivity index (χ3n) is 3.95. The van der Waals surface area contributed by atoms with Crippen molar-refractivity contribution in [2.24, 2.45) is 5.41 Å². The fourth-order valence-corrected chi connectivity index (χ4v) is 2.12. The van der Waals surface area contributed by atoms with Crippen LogP contribution in [0.4, 0.5) is 0 Å². The summed E-state index contributed by atoms with van der Waals surface area (Å²) in [4.78, 5) is 13.3. The van der Waals surface area contributed by atoms with E-state index >= 15 is 0 Å². The highest BCUT2D eigenvalue weighted by atomic mass is 16.4. The Labute approximate surface area is 85.1 Å². The molecule has 1 N–H and O–H groups in total. The molecule has 0 unspecified atom stereocenters. The molecule has 3 heteroatoms. The molecule has 3 nitrogen and oxygen atoms in total. The number of aliphatic carboxylic acids is 1. The molecule has 0 aromatic carbocycles. The van der Waals surface area contributed by atoms with E-state index in [1.807, 2.05) is 0 Å². The van der Waals surface area contributed by atoms with E-state index in [9.17, 15) is 4.79 Å². The van der Waals surface area contributed by atoms with Gasteiger partial charge in [-0.1, -0.05) is 6.42 Å². The Hall–Kier alpha value is -0.570. The van der Waals surface area contributed by atoms with E-state index in [-0.39, 0.29) is 5.41 Å². The number of hydrogen-bond donors (Lipinski definition) is 1. The Balaban J connectivity index is 1.73. The van der Waals surface area contributed by atoms with Gasteiger partial charge in [-0.05, 0) is 45.7 Å². The summed E-state index contributed by atoms with van der Waals surface area (Å²) in [5.41, 5.74) is -0.335. The predicted octanol–water partition coefficient (Wildman–Crippen LogP) is 1.73. The number of carboxylic acid groups (broad SMARTS) is 1. The summed E-state index contributed by atoms with van der Waals surface area (Å²) in [6, 6.07) is 0.736. The van der Waals surface area contributed by atoms with Crippen LogP contribution >= 0.6 is 0 Å². The van der Waals surface area contributed by atoms with Crippen molar-refractivity contribution in [2.75, 3.05) is 13.6 Å². The van der Waals surface area contributed by atoms with Crippen LogP contribution in [-0.4, -0.2) is 35.6 Å². The van der Waals surface area contributed by atoms with Crippen molar-refractivity contribution in [3.05, 3.63) is 0 Å². The molecule has 0 amide bonds. The van der Waals surface area contributed by atoms with Gasteiger partial charge in [0.05, 0.1) is 5.41 Å². The van der Waals surface area contributed by atoms with Gasteiger partial charge in [0.2, 0.25) is 0 Å². The lowest BCUT2D eigenvalue weighted by Crippen LogP contribution is -2.38. The van der Waals surface area contributed by atoms with E-state index in [1.165, 1.54) is 19.3 Å². The van der Waals surface area contributed by atoms with Crippen LogP contribution in [0.25, 0.3) is 0 Å². The van der Waals surface area contributed by atoms with Crippen LogP contribution < -0.4 is 0 Å². The average molecular weight is 197 g/mol. The number of hydrogen-bond acceptors (Lipinski definition) is 2. The van der Waals surface area contributed by atoms with Gasteiger partial charge in [0.25, 0.3) is 0 Å². The molecule has 0 aromatic heterocycles. The summed E-state index contributed by atoms with van der Waals surface area (Å²) >= 11 is 0. The molecule has 14 heavy (non-hydrogen) atoms. The maximum absolute atomic E-state index is 10.9. The van der Waals surface area contributed by atoms with Crippen molar-refractivity contribution in [1.29, 1.82) is 0 Å². The van der Waals surface area contributed by atoms with E-state index in [2.05, 4.69) is 11.9 Å². The zero-order chi connectivity index (χ0) is 10.2. The molecule has 0 aliphatic heterocycles. The second-order valence-corrected chi connectivity index (χ2v) is 4.90. The first-order valence-corrected chi connectivity index (χ1v) is 5.58. The molecule has 0 radical (unpaired) electrons. The molecule has 2 fully saturated rings. The Morgan fingerprint density at radius 3 is 2.50 bits per heavy atom. The van der Waals surface area contributed by atoms with Gasteiger partial charge in [-0.2, -0.15) is 0 Å². The minimum Gasteiger partial charge on any atom is -0.481 e. The van der Waals surface area contributed by atoms with E-state index in [0.29, 0.717) is 0 Å². The smallest absolute Gasteiger partial charge is 0.309 e. The first-order valence-electron chi connectivity index (χ1n) is 5.58. The molecule has 2 rings (SSSR count). The Bertz CT molecular complexity index is 231. The standard InChI is InChI=1S/C11H19NO2/c1-12(9-3-2-4-9)8-7-11(5-6-11)10(13)14/h9H,2-8H2,1H3,(H,13,14). The fraction of sp³-hybridized carbons (Fsp3) is 0.909. The lowest BCUT2D eigenvalue weighted by Gasteiger charge is -2.35. The van der Waals surface area contributed by atoms with E-state index in [0.717, 1.165) is 31.8 Å². The van der Waals surface area contributed by atoms with Crippen LogP contribution in [-0.2, 0) is 4.79 Å². The Morgan fingerprint density at radius 1 is 1.50 bits per heavy atom. The Morgan fingerprint density at radius 2 is 2.14 bits per heavy atom. The highest BCUT2D eigenvalue weighted by Gasteiger charge is 2.49. The minimum atomic E-state index is -0.584. The topological polar surface area (TPSA) is 40.5 Å². The molecular formula is C11H19NO2.